The van der Waals surface area contributed by atoms with Crippen LogP contribution in [0.2, 0.25) is 0 Å². The summed E-state index contributed by atoms with van der Waals surface area (Å²) in [4.78, 5) is 2.50. The lowest BCUT2D eigenvalue weighted by molar-refractivity contribution is -0.268. The van der Waals surface area contributed by atoms with E-state index in [2.05, 4.69) is 28.5 Å². The molecule has 4 N–H and O–H groups in total. The first-order valence-corrected chi connectivity index (χ1v) is 16.0. The van der Waals surface area contributed by atoms with Gasteiger partial charge in [-0.05, 0) is 111 Å². The molecule has 9 nitrogen and oxygen atoms in total. The third-order valence-corrected chi connectivity index (χ3v) is 9.13. The SMILES string of the molecule is Cc1c(-c2ccc(O)cc2)n(Cc2ccc(OCCN3CCCCCC3)cc2)c2ccc(OC3O[C@H](C)[C@@H](O)[C@H](O)[C@H]3O)cc12. The van der Waals surface area contributed by atoms with Gasteiger partial charge in [0, 0.05) is 24.0 Å². The zero-order valence-electron chi connectivity index (χ0n) is 26.0. The van der Waals surface area contributed by atoms with Crippen molar-refractivity contribution < 1.29 is 34.6 Å². The Labute approximate surface area is 264 Å². The minimum Gasteiger partial charge on any atom is -0.508 e. The molecule has 5 atom stereocenters. The van der Waals surface area contributed by atoms with Gasteiger partial charge in [0.15, 0.2) is 0 Å². The quantitative estimate of drug-likeness (QED) is 0.211. The van der Waals surface area contributed by atoms with Crippen molar-refractivity contribution in [2.45, 2.75) is 76.8 Å². The summed E-state index contributed by atoms with van der Waals surface area (Å²) in [5.74, 6) is 1.54. The van der Waals surface area contributed by atoms with Gasteiger partial charge in [-0.15, -0.1) is 0 Å². The maximum Gasteiger partial charge on any atom is 0.229 e. The number of phenolic OH excluding ortho intramolecular Hbond substituents is 1. The lowest BCUT2D eigenvalue weighted by Gasteiger charge is -2.38. The number of hydrogen-bond donors (Lipinski definition) is 4. The predicted molar refractivity (Wildman–Crippen MR) is 173 cm³/mol. The first-order chi connectivity index (χ1) is 21.8. The van der Waals surface area contributed by atoms with Crippen LogP contribution in [0, 0.1) is 6.92 Å². The van der Waals surface area contributed by atoms with E-state index in [0.717, 1.165) is 58.7 Å². The number of aliphatic hydroxyl groups is 3. The van der Waals surface area contributed by atoms with Crippen LogP contribution in [0.4, 0.5) is 0 Å². The summed E-state index contributed by atoms with van der Waals surface area (Å²) in [5, 5.41) is 41.7. The zero-order valence-corrected chi connectivity index (χ0v) is 26.0. The molecule has 9 heteroatoms. The van der Waals surface area contributed by atoms with E-state index in [1.165, 1.54) is 25.7 Å². The summed E-state index contributed by atoms with van der Waals surface area (Å²) in [6, 6.07) is 21.2. The molecule has 1 aromatic heterocycles. The molecular weight excluding hydrogens is 572 g/mol. The molecule has 2 saturated heterocycles. The second-order valence-corrected chi connectivity index (χ2v) is 12.3. The number of nitrogens with zero attached hydrogens (tertiary/aromatic N) is 2. The monoisotopic (exact) mass is 616 g/mol. The Balaban J connectivity index is 1.24. The van der Waals surface area contributed by atoms with Crippen LogP contribution in [0.1, 0.15) is 43.7 Å². The molecule has 0 radical (unpaired) electrons. The van der Waals surface area contributed by atoms with Gasteiger partial charge in [-0.3, -0.25) is 4.90 Å². The fraction of sp³-hybridized carbons (Fsp3) is 0.444. The van der Waals surface area contributed by atoms with Gasteiger partial charge in [0.25, 0.3) is 0 Å². The van der Waals surface area contributed by atoms with Crippen molar-refractivity contribution in [2.75, 3.05) is 26.2 Å². The summed E-state index contributed by atoms with van der Waals surface area (Å²) in [6.45, 7) is 8.24. The molecule has 0 spiro atoms. The van der Waals surface area contributed by atoms with Crippen molar-refractivity contribution in [3.05, 3.63) is 77.9 Å². The highest BCUT2D eigenvalue weighted by Gasteiger charge is 2.43. The molecular formula is C36H44N2O7. The molecule has 3 heterocycles. The maximum absolute atomic E-state index is 10.5. The Kier molecular flexibility index (Phi) is 9.63. The van der Waals surface area contributed by atoms with Crippen LogP contribution >= 0.6 is 0 Å². The fourth-order valence-corrected chi connectivity index (χ4v) is 6.50. The molecule has 45 heavy (non-hydrogen) atoms. The average Bonchev–Trinajstić information content (AvgIpc) is 3.18. The molecule has 0 aliphatic carbocycles. The van der Waals surface area contributed by atoms with Crippen LogP contribution in [0.25, 0.3) is 22.2 Å². The largest absolute Gasteiger partial charge is 0.508 e. The second-order valence-electron chi connectivity index (χ2n) is 12.3. The van der Waals surface area contributed by atoms with E-state index < -0.39 is 30.7 Å². The number of ether oxygens (including phenoxy) is 3. The third kappa shape index (κ3) is 6.98. The van der Waals surface area contributed by atoms with Crippen LogP contribution in [-0.4, -0.2) is 86.8 Å². The van der Waals surface area contributed by atoms with Gasteiger partial charge >= 0.3 is 0 Å². The van der Waals surface area contributed by atoms with Crippen LogP contribution in [0.3, 0.4) is 0 Å². The van der Waals surface area contributed by atoms with Crippen molar-refractivity contribution in [1.82, 2.24) is 9.47 Å². The molecule has 6 rings (SSSR count). The summed E-state index contributed by atoms with van der Waals surface area (Å²) < 4.78 is 20.0. The number of rotatable bonds is 9. The van der Waals surface area contributed by atoms with Gasteiger partial charge in [0.1, 0.15) is 42.2 Å². The normalized spacial score (nSPS) is 24.4. The highest BCUT2D eigenvalue weighted by atomic mass is 16.7. The Morgan fingerprint density at radius 1 is 0.822 bits per heavy atom. The van der Waals surface area contributed by atoms with E-state index in [9.17, 15) is 20.4 Å². The van der Waals surface area contributed by atoms with E-state index in [1.54, 1.807) is 19.1 Å². The molecule has 2 aliphatic rings. The maximum atomic E-state index is 10.5. The molecule has 0 saturated carbocycles. The molecule has 0 amide bonds. The molecule has 4 aromatic rings. The van der Waals surface area contributed by atoms with Gasteiger partial charge in [-0.1, -0.05) is 25.0 Å². The van der Waals surface area contributed by atoms with Crippen LogP contribution < -0.4 is 9.47 Å². The molecule has 240 valence electrons. The topological polar surface area (TPSA) is 117 Å². The lowest BCUT2D eigenvalue weighted by atomic mass is 10.00. The summed E-state index contributed by atoms with van der Waals surface area (Å²) in [6.07, 6.45) is -0.589. The van der Waals surface area contributed by atoms with Gasteiger partial charge in [-0.25, -0.2) is 0 Å². The predicted octanol–water partition coefficient (Wildman–Crippen LogP) is 4.83. The first kappa shape index (κ1) is 31.4. The van der Waals surface area contributed by atoms with E-state index in [1.807, 2.05) is 42.5 Å². The van der Waals surface area contributed by atoms with Crippen LogP contribution in [0.5, 0.6) is 17.2 Å². The van der Waals surface area contributed by atoms with Gasteiger partial charge < -0.3 is 39.2 Å². The molecule has 0 bridgehead atoms. The summed E-state index contributed by atoms with van der Waals surface area (Å²) >= 11 is 0. The summed E-state index contributed by atoms with van der Waals surface area (Å²) in [7, 11) is 0. The third-order valence-electron chi connectivity index (χ3n) is 9.13. The van der Waals surface area contributed by atoms with Crippen molar-refractivity contribution in [3.8, 4) is 28.5 Å². The highest BCUT2D eigenvalue weighted by molar-refractivity contribution is 5.92. The number of aryl methyl sites for hydroxylation is 1. The number of likely N-dealkylation sites (tertiary alicyclic amines) is 1. The number of aromatic nitrogens is 1. The zero-order chi connectivity index (χ0) is 31.5. The van der Waals surface area contributed by atoms with Gasteiger partial charge in [0.2, 0.25) is 6.29 Å². The highest BCUT2D eigenvalue weighted by Crippen LogP contribution is 2.37. The van der Waals surface area contributed by atoms with E-state index in [0.29, 0.717) is 18.9 Å². The van der Waals surface area contributed by atoms with E-state index in [-0.39, 0.29) is 5.75 Å². The second kappa shape index (κ2) is 13.8. The number of phenols is 1. The number of fused-ring (bicyclic) bond motifs is 1. The molecule has 2 fully saturated rings. The van der Waals surface area contributed by atoms with E-state index >= 15 is 0 Å². The van der Waals surface area contributed by atoms with Crippen molar-refractivity contribution in [2.24, 2.45) is 0 Å². The lowest BCUT2D eigenvalue weighted by Crippen LogP contribution is -2.58. The molecule has 3 aromatic carbocycles. The van der Waals surface area contributed by atoms with Gasteiger partial charge in [0.05, 0.1) is 11.8 Å². The minimum atomic E-state index is -1.40. The van der Waals surface area contributed by atoms with Crippen molar-refractivity contribution >= 4 is 10.9 Å². The number of aromatic hydroxyl groups is 1. The number of benzene rings is 3. The summed E-state index contributed by atoms with van der Waals surface area (Å²) in [5.41, 5.74) is 5.13. The van der Waals surface area contributed by atoms with Gasteiger partial charge in [-0.2, -0.15) is 0 Å². The van der Waals surface area contributed by atoms with Crippen LogP contribution in [-0.2, 0) is 11.3 Å². The Bertz CT molecular complexity index is 1560. The number of hydrogen-bond acceptors (Lipinski definition) is 8. The first-order valence-electron chi connectivity index (χ1n) is 16.0. The Morgan fingerprint density at radius 2 is 1.51 bits per heavy atom. The van der Waals surface area contributed by atoms with Crippen molar-refractivity contribution in [1.29, 1.82) is 0 Å². The number of aliphatic hydroxyl groups excluding tert-OH is 3. The molecule has 1 unspecified atom stereocenters. The van der Waals surface area contributed by atoms with Crippen molar-refractivity contribution in [3.63, 3.8) is 0 Å². The average molecular weight is 617 g/mol. The minimum absolute atomic E-state index is 0.203. The van der Waals surface area contributed by atoms with Crippen LogP contribution in [0.15, 0.2) is 66.7 Å². The Morgan fingerprint density at radius 3 is 2.22 bits per heavy atom. The van der Waals surface area contributed by atoms with E-state index in [4.69, 9.17) is 14.2 Å². The molecule has 2 aliphatic heterocycles. The Hall–Kier alpha value is -3.60. The smallest absolute Gasteiger partial charge is 0.229 e. The standard InChI is InChI=1S/C36H44N2O7/c1-23-30-21-29(45-36-35(42)34(41)33(40)24(2)44-36)15-16-31(30)38(32(23)26-9-11-27(39)12-10-26)22-25-7-13-28(14-8-25)43-20-19-37-17-5-3-4-6-18-37/h7-16,21,24,33-36,39-42H,3-6,17-20,22H2,1-2H3/t24-,33-,34+,35-,36?/m1/s1. The fourth-order valence-electron chi connectivity index (χ4n) is 6.50.